The van der Waals surface area contributed by atoms with Crippen LogP contribution in [0.15, 0.2) is 30.5 Å². The molecule has 128 valence electrons. The van der Waals surface area contributed by atoms with Gasteiger partial charge in [-0.15, -0.1) is 0 Å². The summed E-state index contributed by atoms with van der Waals surface area (Å²) in [5, 5.41) is 10.2. The van der Waals surface area contributed by atoms with Crippen LogP contribution in [0.4, 0.5) is 4.39 Å². The number of carboxylic acids is 1. The van der Waals surface area contributed by atoms with Crippen LogP contribution in [-0.4, -0.2) is 29.8 Å². The fourth-order valence-electron chi connectivity index (χ4n) is 3.92. The Morgan fingerprint density at radius 1 is 1.33 bits per heavy atom. The van der Waals surface area contributed by atoms with E-state index in [2.05, 4.69) is 4.98 Å². The predicted molar refractivity (Wildman–Crippen MR) is 89.4 cm³/mol. The van der Waals surface area contributed by atoms with Gasteiger partial charge in [0.15, 0.2) is 0 Å². The lowest BCUT2D eigenvalue weighted by atomic mass is 9.73. The zero-order valence-electron chi connectivity index (χ0n) is 13.7. The lowest BCUT2D eigenvalue weighted by Gasteiger charge is -2.32. The molecule has 1 heterocycles. The van der Waals surface area contributed by atoms with E-state index in [1.807, 2.05) is 6.07 Å². The molecule has 1 saturated carbocycles. The Kier molecular flexibility index (Phi) is 5.09. The second-order valence-electron chi connectivity index (χ2n) is 6.57. The number of benzene rings is 1. The molecule has 1 unspecified atom stereocenters. The van der Waals surface area contributed by atoms with E-state index in [4.69, 9.17) is 4.74 Å². The van der Waals surface area contributed by atoms with E-state index in [1.54, 1.807) is 25.4 Å². The van der Waals surface area contributed by atoms with Crippen LogP contribution in [0.5, 0.6) is 0 Å². The highest BCUT2D eigenvalue weighted by Gasteiger charge is 2.32. The van der Waals surface area contributed by atoms with Crippen LogP contribution >= 0.6 is 0 Å². The minimum atomic E-state index is -0.781. The van der Waals surface area contributed by atoms with Gasteiger partial charge in [-0.1, -0.05) is 0 Å². The topological polar surface area (TPSA) is 59.4 Å². The number of aliphatic carboxylic acids is 1. The first-order valence-corrected chi connectivity index (χ1v) is 8.36. The monoisotopic (exact) mass is 331 g/mol. The maximum atomic E-state index is 13.6. The van der Waals surface area contributed by atoms with Gasteiger partial charge in [-0.3, -0.25) is 9.78 Å². The van der Waals surface area contributed by atoms with Crippen LogP contribution in [0.2, 0.25) is 0 Å². The highest BCUT2D eigenvalue weighted by molar-refractivity contribution is 5.82. The number of methoxy groups -OCH3 is 1. The molecule has 0 spiro atoms. The van der Waals surface area contributed by atoms with Crippen LogP contribution < -0.4 is 0 Å². The van der Waals surface area contributed by atoms with E-state index in [0.29, 0.717) is 5.92 Å². The van der Waals surface area contributed by atoms with Crippen molar-refractivity contribution in [3.8, 4) is 0 Å². The fraction of sp³-hybridized carbons (Fsp3) is 0.474. The number of nitrogens with zero attached hydrogens (tertiary/aromatic N) is 1. The molecule has 1 atom stereocenters. The molecule has 1 fully saturated rings. The Morgan fingerprint density at radius 2 is 2.08 bits per heavy atom. The van der Waals surface area contributed by atoms with Crippen molar-refractivity contribution in [1.29, 1.82) is 0 Å². The van der Waals surface area contributed by atoms with Crippen molar-refractivity contribution < 1.29 is 19.0 Å². The molecule has 1 N–H and O–H groups in total. The number of rotatable bonds is 5. The molecule has 5 heteroatoms. The van der Waals surface area contributed by atoms with Gasteiger partial charge in [0.1, 0.15) is 5.82 Å². The van der Waals surface area contributed by atoms with Gasteiger partial charge in [0.25, 0.3) is 0 Å². The number of carbonyl (C=O) groups is 1. The van der Waals surface area contributed by atoms with Crippen molar-refractivity contribution in [1.82, 2.24) is 4.98 Å². The molecular formula is C19H22FNO3. The van der Waals surface area contributed by atoms with E-state index in [-0.39, 0.29) is 18.3 Å². The van der Waals surface area contributed by atoms with E-state index in [0.717, 1.165) is 42.1 Å². The summed E-state index contributed by atoms with van der Waals surface area (Å²) in [6.07, 6.45) is 5.29. The number of hydrogen-bond acceptors (Lipinski definition) is 3. The summed E-state index contributed by atoms with van der Waals surface area (Å²) in [6, 6.07) is 6.66. The lowest BCUT2D eigenvalue weighted by molar-refractivity contribution is -0.146. The summed E-state index contributed by atoms with van der Waals surface area (Å²) in [5.41, 5.74) is 1.93. The number of fused-ring (bicyclic) bond motifs is 1. The average molecular weight is 331 g/mol. The van der Waals surface area contributed by atoms with Gasteiger partial charge in [0, 0.05) is 18.7 Å². The van der Waals surface area contributed by atoms with E-state index in [9.17, 15) is 14.3 Å². The Hall–Kier alpha value is -2.01. The summed E-state index contributed by atoms with van der Waals surface area (Å²) in [5.74, 6) is -1.01. The van der Waals surface area contributed by atoms with Gasteiger partial charge in [-0.2, -0.15) is 0 Å². The van der Waals surface area contributed by atoms with E-state index >= 15 is 0 Å². The predicted octanol–water partition coefficient (Wildman–Crippen LogP) is 3.99. The quantitative estimate of drug-likeness (QED) is 0.900. The lowest BCUT2D eigenvalue weighted by Crippen LogP contribution is -2.30. The van der Waals surface area contributed by atoms with Gasteiger partial charge in [-0.25, -0.2) is 4.39 Å². The van der Waals surface area contributed by atoms with Crippen LogP contribution in [-0.2, 0) is 9.53 Å². The molecule has 0 saturated heterocycles. The number of aromatic nitrogens is 1. The van der Waals surface area contributed by atoms with E-state index in [1.165, 1.54) is 6.07 Å². The Morgan fingerprint density at radius 3 is 2.75 bits per heavy atom. The molecular weight excluding hydrogens is 309 g/mol. The van der Waals surface area contributed by atoms with Crippen molar-refractivity contribution in [3.05, 3.63) is 41.8 Å². The third kappa shape index (κ3) is 3.41. The zero-order chi connectivity index (χ0) is 17.1. The van der Waals surface area contributed by atoms with Gasteiger partial charge < -0.3 is 9.84 Å². The van der Waals surface area contributed by atoms with Crippen molar-refractivity contribution >= 4 is 16.9 Å². The first-order valence-electron chi connectivity index (χ1n) is 8.36. The number of carboxylic acid groups (broad SMARTS) is 1. The maximum Gasteiger partial charge on any atom is 0.309 e. The van der Waals surface area contributed by atoms with Crippen molar-refractivity contribution in [2.75, 3.05) is 13.7 Å². The molecule has 2 aromatic rings. The van der Waals surface area contributed by atoms with Crippen LogP contribution in [0.1, 0.15) is 37.2 Å². The third-order valence-corrected chi connectivity index (χ3v) is 5.18. The third-order valence-electron chi connectivity index (χ3n) is 5.18. The molecule has 0 amide bonds. The summed E-state index contributed by atoms with van der Waals surface area (Å²) < 4.78 is 18.7. The Bertz CT molecular complexity index is 726. The summed E-state index contributed by atoms with van der Waals surface area (Å²) >= 11 is 0. The highest BCUT2D eigenvalue weighted by atomic mass is 19.1. The molecule has 0 radical (unpaired) electrons. The summed E-state index contributed by atoms with van der Waals surface area (Å²) in [4.78, 5) is 15.7. The second kappa shape index (κ2) is 7.26. The molecule has 0 bridgehead atoms. The van der Waals surface area contributed by atoms with Crippen LogP contribution in [0.3, 0.4) is 0 Å². The molecule has 1 aromatic heterocycles. The SMILES string of the molecule is COCC(C(=O)O)C1CCC(c2ccnc3ccc(F)cc23)CC1. The standard InChI is InChI=1S/C19H22FNO3/c1-24-11-17(19(22)23)13-4-2-12(3-5-13)15-8-9-21-18-7-6-14(20)10-16(15)18/h6-10,12-13,17H,2-5,11H2,1H3,(H,22,23). The Balaban J connectivity index is 1.78. The van der Waals surface area contributed by atoms with Gasteiger partial charge in [-0.05, 0) is 67.3 Å². The minimum absolute atomic E-state index is 0.142. The smallest absolute Gasteiger partial charge is 0.309 e. The fourth-order valence-corrected chi connectivity index (χ4v) is 3.92. The highest BCUT2D eigenvalue weighted by Crippen LogP contribution is 2.40. The van der Waals surface area contributed by atoms with Gasteiger partial charge >= 0.3 is 5.97 Å². The maximum absolute atomic E-state index is 13.6. The Labute approximate surface area is 140 Å². The average Bonchev–Trinajstić information content (AvgIpc) is 2.59. The normalized spacial score (nSPS) is 22.4. The molecule has 0 aliphatic heterocycles. The van der Waals surface area contributed by atoms with Crippen molar-refractivity contribution in [2.24, 2.45) is 11.8 Å². The van der Waals surface area contributed by atoms with Crippen molar-refractivity contribution in [2.45, 2.75) is 31.6 Å². The first-order chi connectivity index (χ1) is 11.6. The van der Waals surface area contributed by atoms with E-state index < -0.39 is 11.9 Å². The molecule has 3 rings (SSSR count). The first kappa shape index (κ1) is 16.8. The summed E-state index contributed by atoms with van der Waals surface area (Å²) in [6.45, 7) is 0.258. The number of pyridine rings is 1. The number of ether oxygens (including phenoxy) is 1. The number of hydrogen-bond donors (Lipinski definition) is 1. The van der Waals surface area contributed by atoms with Crippen molar-refractivity contribution in [3.63, 3.8) is 0 Å². The molecule has 1 aliphatic rings. The molecule has 1 aliphatic carbocycles. The van der Waals surface area contributed by atoms with Crippen LogP contribution in [0.25, 0.3) is 10.9 Å². The largest absolute Gasteiger partial charge is 0.481 e. The minimum Gasteiger partial charge on any atom is -0.481 e. The second-order valence-corrected chi connectivity index (χ2v) is 6.57. The molecule has 1 aromatic carbocycles. The van der Waals surface area contributed by atoms with Gasteiger partial charge in [0.2, 0.25) is 0 Å². The summed E-state index contributed by atoms with van der Waals surface area (Å²) in [7, 11) is 1.54. The van der Waals surface area contributed by atoms with Crippen LogP contribution in [0, 0.1) is 17.7 Å². The number of halogens is 1. The zero-order valence-corrected chi connectivity index (χ0v) is 13.7. The molecule has 24 heavy (non-hydrogen) atoms. The molecule has 4 nitrogen and oxygen atoms in total. The van der Waals surface area contributed by atoms with Gasteiger partial charge in [0.05, 0.1) is 18.0 Å².